The molecule has 1 saturated heterocycles. The highest BCUT2D eigenvalue weighted by molar-refractivity contribution is 5.81. The Morgan fingerprint density at radius 1 is 1.56 bits per heavy atom. The molecule has 1 aliphatic heterocycles. The molecule has 1 aromatic heterocycles. The molecule has 0 unspecified atom stereocenters. The average molecular weight is 223 g/mol. The smallest absolute Gasteiger partial charge is 0.237 e. The van der Waals surface area contributed by atoms with Crippen molar-refractivity contribution in [1.29, 1.82) is 0 Å². The van der Waals surface area contributed by atoms with Crippen LogP contribution in [0.5, 0.6) is 0 Å². The first-order valence-electron chi connectivity index (χ1n) is 5.71. The van der Waals surface area contributed by atoms with Crippen molar-refractivity contribution in [1.82, 2.24) is 25.8 Å². The zero-order valence-corrected chi connectivity index (χ0v) is 9.20. The van der Waals surface area contributed by atoms with Gasteiger partial charge in [-0.25, -0.2) is 4.98 Å². The predicted molar refractivity (Wildman–Crippen MR) is 58.7 cm³/mol. The first-order chi connectivity index (χ1) is 7.86. The van der Waals surface area contributed by atoms with Crippen molar-refractivity contribution in [3.05, 3.63) is 12.2 Å². The molecular formula is C10H17N5O. The lowest BCUT2D eigenvalue weighted by atomic mass is 10.0. The summed E-state index contributed by atoms with van der Waals surface area (Å²) in [5.74, 6) is 0.899. The van der Waals surface area contributed by atoms with Gasteiger partial charge in [-0.3, -0.25) is 9.89 Å². The Hall–Kier alpha value is -1.43. The minimum Gasteiger partial charge on any atom is -0.354 e. The van der Waals surface area contributed by atoms with E-state index in [0.717, 1.165) is 25.2 Å². The van der Waals surface area contributed by atoms with Crippen molar-refractivity contribution in [2.45, 2.75) is 31.7 Å². The molecule has 1 aliphatic rings. The number of aromatic nitrogens is 3. The van der Waals surface area contributed by atoms with E-state index in [1.165, 1.54) is 12.7 Å². The second-order valence-corrected chi connectivity index (χ2v) is 3.98. The number of aromatic amines is 1. The highest BCUT2D eigenvalue weighted by Gasteiger charge is 2.19. The number of carbonyl (C=O) groups is 1. The van der Waals surface area contributed by atoms with Gasteiger partial charge >= 0.3 is 0 Å². The maximum atomic E-state index is 11.7. The monoisotopic (exact) mass is 223 g/mol. The standard InChI is InChI=1S/C10H17N5O/c16-10(8-3-1-2-5-11-8)12-6-4-9-13-7-14-15-9/h7-8,11H,1-6H2,(H,12,16)(H,13,14,15)/t8-/m0/s1. The van der Waals surface area contributed by atoms with E-state index in [9.17, 15) is 4.79 Å². The van der Waals surface area contributed by atoms with Crippen molar-refractivity contribution in [3.8, 4) is 0 Å². The molecule has 0 saturated carbocycles. The van der Waals surface area contributed by atoms with Gasteiger partial charge in [0.05, 0.1) is 6.04 Å². The van der Waals surface area contributed by atoms with Crippen molar-refractivity contribution in [3.63, 3.8) is 0 Å². The maximum absolute atomic E-state index is 11.7. The summed E-state index contributed by atoms with van der Waals surface area (Å²) >= 11 is 0. The van der Waals surface area contributed by atoms with E-state index in [1.807, 2.05) is 0 Å². The lowest BCUT2D eigenvalue weighted by Gasteiger charge is -2.22. The first kappa shape index (κ1) is 11.1. The number of piperidine rings is 1. The number of nitrogens with one attached hydrogen (secondary N) is 3. The third-order valence-electron chi connectivity index (χ3n) is 2.75. The van der Waals surface area contributed by atoms with Crippen LogP contribution in [0.1, 0.15) is 25.1 Å². The van der Waals surface area contributed by atoms with Crippen LogP contribution in [0.4, 0.5) is 0 Å². The minimum atomic E-state index is -0.0107. The normalized spacial score (nSPS) is 20.6. The zero-order valence-electron chi connectivity index (χ0n) is 9.20. The summed E-state index contributed by atoms with van der Waals surface area (Å²) < 4.78 is 0. The molecule has 1 fully saturated rings. The maximum Gasteiger partial charge on any atom is 0.237 e. The van der Waals surface area contributed by atoms with Crippen LogP contribution in [0.25, 0.3) is 0 Å². The fourth-order valence-corrected chi connectivity index (χ4v) is 1.85. The number of nitrogens with zero attached hydrogens (tertiary/aromatic N) is 2. The summed E-state index contributed by atoms with van der Waals surface area (Å²) in [6.07, 6.45) is 5.40. The fraction of sp³-hybridized carbons (Fsp3) is 0.700. The lowest BCUT2D eigenvalue weighted by Crippen LogP contribution is -2.47. The van der Waals surface area contributed by atoms with Gasteiger partial charge in [-0.05, 0) is 19.4 Å². The molecule has 0 aliphatic carbocycles. The summed E-state index contributed by atoms with van der Waals surface area (Å²) in [5, 5.41) is 12.6. The van der Waals surface area contributed by atoms with Crippen molar-refractivity contribution in [2.24, 2.45) is 0 Å². The van der Waals surface area contributed by atoms with E-state index in [-0.39, 0.29) is 11.9 Å². The third-order valence-corrected chi connectivity index (χ3v) is 2.75. The number of hydrogen-bond donors (Lipinski definition) is 3. The molecular weight excluding hydrogens is 206 g/mol. The molecule has 6 heteroatoms. The second kappa shape index (κ2) is 5.60. The van der Waals surface area contributed by atoms with Crippen LogP contribution in [-0.4, -0.2) is 40.2 Å². The molecule has 2 heterocycles. The summed E-state index contributed by atoms with van der Waals surface area (Å²) in [6, 6.07) is -0.0107. The van der Waals surface area contributed by atoms with Crippen molar-refractivity contribution >= 4 is 5.91 Å². The number of amides is 1. The van der Waals surface area contributed by atoms with Crippen LogP contribution in [0, 0.1) is 0 Å². The van der Waals surface area contributed by atoms with Gasteiger partial charge in [0.2, 0.25) is 5.91 Å². The van der Waals surface area contributed by atoms with Gasteiger partial charge in [-0.15, -0.1) is 0 Å². The summed E-state index contributed by atoms with van der Waals surface area (Å²) in [7, 11) is 0. The Balaban J connectivity index is 1.67. The third kappa shape index (κ3) is 3.03. The van der Waals surface area contributed by atoms with E-state index in [0.29, 0.717) is 13.0 Å². The number of hydrogen-bond acceptors (Lipinski definition) is 4. The predicted octanol–water partition coefficient (Wildman–Crippen LogP) is -0.395. The summed E-state index contributed by atoms with van der Waals surface area (Å²) in [5.41, 5.74) is 0. The van der Waals surface area contributed by atoms with Crippen LogP contribution in [0.2, 0.25) is 0 Å². The summed E-state index contributed by atoms with van der Waals surface area (Å²) in [6.45, 7) is 1.55. The topological polar surface area (TPSA) is 82.7 Å². The van der Waals surface area contributed by atoms with Crippen molar-refractivity contribution in [2.75, 3.05) is 13.1 Å². The SMILES string of the molecule is O=C(NCCc1ncn[nH]1)[C@@H]1CCCCN1. The number of H-pyrrole nitrogens is 1. The highest BCUT2D eigenvalue weighted by atomic mass is 16.2. The van der Waals surface area contributed by atoms with Crippen LogP contribution >= 0.6 is 0 Å². The minimum absolute atomic E-state index is 0.0107. The molecule has 88 valence electrons. The van der Waals surface area contributed by atoms with Gasteiger partial charge in [0.25, 0.3) is 0 Å². The van der Waals surface area contributed by atoms with E-state index < -0.39 is 0 Å². The van der Waals surface area contributed by atoms with Crippen LogP contribution in [0.3, 0.4) is 0 Å². The summed E-state index contributed by atoms with van der Waals surface area (Å²) in [4.78, 5) is 15.7. The highest BCUT2D eigenvalue weighted by Crippen LogP contribution is 2.06. The molecule has 1 amide bonds. The van der Waals surface area contributed by atoms with E-state index in [1.54, 1.807) is 0 Å². The van der Waals surface area contributed by atoms with Gasteiger partial charge in [0.1, 0.15) is 12.2 Å². The second-order valence-electron chi connectivity index (χ2n) is 3.98. The molecule has 3 N–H and O–H groups in total. The quantitative estimate of drug-likeness (QED) is 0.649. The van der Waals surface area contributed by atoms with Crippen molar-refractivity contribution < 1.29 is 4.79 Å². The van der Waals surface area contributed by atoms with Gasteiger partial charge in [-0.2, -0.15) is 5.10 Å². The lowest BCUT2D eigenvalue weighted by molar-refractivity contribution is -0.123. The Labute approximate surface area is 94.2 Å². The molecule has 0 bridgehead atoms. The molecule has 0 radical (unpaired) electrons. The van der Waals surface area contributed by atoms with E-state index in [4.69, 9.17) is 0 Å². The Kier molecular flexibility index (Phi) is 3.87. The Bertz CT molecular complexity index is 318. The largest absolute Gasteiger partial charge is 0.354 e. The molecule has 2 rings (SSSR count). The van der Waals surface area contributed by atoms with Crippen LogP contribution in [0.15, 0.2) is 6.33 Å². The molecule has 1 aromatic rings. The molecule has 1 atom stereocenters. The van der Waals surface area contributed by atoms with Gasteiger partial charge in [0.15, 0.2) is 0 Å². The average Bonchev–Trinajstić information content (AvgIpc) is 2.83. The first-order valence-corrected chi connectivity index (χ1v) is 5.71. The molecule has 16 heavy (non-hydrogen) atoms. The van der Waals surface area contributed by atoms with E-state index in [2.05, 4.69) is 25.8 Å². The Morgan fingerprint density at radius 3 is 3.19 bits per heavy atom. The van der Waals surface area contributed by atoms with Gasteiger partial charge in [0, 0.05) is 13.0 Å². The molecule has 6 nitrogen and oxygen atoms in total. The van der Waals surface area contributed by atoms with E-state index >= 15 is 0 Å². The zero-order chi connectivity index (χ0) is 11.2. The molecule has 0 aromatic carbocycles. The van der Waals surface area contributed by atoms with Crippen LogP contribution in [-0.2, 0) is 11.2 Å². The number of carbonyl (C=O) groups excluding carboxylic acids is 1. The van der Waals surface area contributed by atoms with Gasteiger partial charge < -0.3 is 10.6 Å². The van der Waals surface area contributed by atoms with Gasteiger partial charge in [-0.1, -0.05) is 6.42 Å². The number of rotatable bonds is 4. The molecule has 0 spiro atoms. The fourth-order valence-electron chi connectivity index (χ4n) is 1.85. The Morgan fingerprint density at radius 2 is 2.50 bits per heavy atom. The van der Waals surface area contributed by atoms with Crippen LogP contribution < -0.4 is 10.6 Å².